The molecule has 2 aromatic carbocycles. The van der Waals surface area contributed by atoms with E-state index >= 15 is 0 Å². The number of halogens is 1. The minimum atomic E-state index is 0. The van der Waals surface area contributed by atoms with Crippen molar-refractivity contribution >= 4 is 18.3 Å². The molecule has 6 heteroatoms. The minimum Gasteiger partial charge on any atom is -0.491 e. The Morgan fingerprint density at radius 1 is 1.11 bits per heavy atom. The second-order valence-electron chi connectivity index (χ2n) is 7.29. The number of para-hydroxylation sites is 1. The molecule has 0 unspecified atom stereocenters. The van der Waals surface area contributed by atoms with Gasteiger partial charge in [-0.1, -0.05) is 48.5 Å². The number of carbonyl (C=O) groups is 1. The third-order valence-electron chi connectivity index (χ3n) is 5.12. The molecule has 0 spiro atoms. The number of amides is 1. The van der Waals surface area contributed by atoms with Crippen LogP contribution < -0.4 is 15.8 Å². The molecule has 1 aliphatic rings. The van der Waals surface area contributed by atoms with E-state index in [4.69, 9.17) is 10.5 Å². The van der Waals surface area contributed by atoms with Crippen molar-refractivity contribution in [3.8, 4) is 5.75 Å². The Hall–Kier alpha value is -2.08. The summed E-state index contributed by atoms with van der Waals surface area (Å²) in [7, 11) is 0. The fourth-order valence-corrected chi connectivity index (χ4v) is 3.72. The van der Waals surface area contributed by atoms with Gasteiger partial charge in [0.05, 0.1) is 13.1 Å². The van der Waals surface area contributed by atoms with Gasteiger partial charge in [0.2, 0.25) is 5.91 Å². The highest BCUT2D eigenvalue weighted by atomic mass is 35.5. The van der Waals surface area contributed by atoms with E-state index < -0.39 is 0 Å². The summed E-state index contributed by atoms with van der Waals surface area (Å²) < 4.78 is 5.83. The third-order valence-corrected chi connectivity index (χ3v) is 5.12. The monoisotopic (exact) mass is 403 g/mol. The lowest BCUT2D eigenvalue weighted by Gasteiger charge is -2.16. The van der Waals surface area contributed by atoms with Crippen molar-refractivity contribution in [2.24, 2.45) is 5.73 Å². The molecule has 0 aliphatic carbocycles. The number of nitrogens with zero attached hydrogens (tertiary/aromatic N) is 1. The Kier molecular flexibility index (Phi) is 8.30. The number of rotatable bonds is 7. The van der Waals surface area contributed by atoms with E-state index in [2.05, 4.69) is 22.3 Å². The first-order chi connectivity index (χ1) is 13.0. The predicted octanol–water partition coefficient (Wildman–Crippen LogP) is 2.65. The van der Waals surface area contributed by atoms with Crippen LogP contribution in [0.15, 0.2) is 48.5 Å². The summed E-state index contributed by atoms with van der Waals surface area (Å²) in [5.41, 5.74) is 9.76. The van der Waals surface area contributed by atoms with Crippen LogP contribution in [0.4, 0.5) is 0 Å². The predicted molar refractivity (Wildman–Crippen MR) is 115 cm³/mol. The molecular formula is C22H30ClN3O2. The lowest BCUT2D eigenvalue weighted by atomic mass is 9.95. The van der Waals surface area contributed by atoms with Gasteiger partial charge in [0.1, 0.15) is 12.4 Å². The Balaban J connectivity index is 0.00000280. The average Bonchev–Trinajstić information content (AvgIpc) is 3.01. The van der Waals surface area contributed by atoms with E-state index in [-0.39, 0.29) is 30.3 Å². The maximum absolute atomic E-state index is 12.2. The molecule has 152 valence electrons. The van der Waals surface area contributed by atoms with Crippen molar-refractivity contribution in [3.05, 3.63) is 65.2 Å². The first kappa shape index (κ1) is 22.2. The van der Waals surface area contributed by atoms with Crippen LogP contribution in [-0.4, -0.2) is 49.6 Å². The highest BCUT2D eigenvalue weighted by Crippen LogP contribution is 2.26. The summed E-state index contributed by atoms with van der Waals surface area (Å²) >= 11 is 0. The molecule has 2 aromatic rings. The number of nitrogens with two attached hydrogens (primary N) is 1. The first-order valence-corrected chi connectivity index (χ1v) is 9.53. The average molecular weight is 404 g/mol. The zero-order chi connectivity index (χ0) is 19.2. The van der Waals surface area contributed by atoms with Crippen LogP contribution in [-0.2, 0) is 4.79 Å². The molecule has 1 aliphatic heterocycles. The van der Waals surface area contributed by atoms with Crippen molar-refractivity contribution in [3.63, 3.8) is 0 Å². The van der Waals surface area contributed by atoms with E-state index in [1.54, 1.807) is 0 Å². The molecule has 0 bridgehead atoms. The van der Waals surface area contributed by atoms with Crippen molar-refractivity contribution in [2.45, 2.75) is 25.8 Å². The largest absolute Gasteiger partial charge is 0.491 e. The minimum absolute atomic E-state index is 0. The van der Waals surface area contributed by atoms with Crippen molar-refractivity contribution in [2.75, 3.05) is 32.8 Å². The highest BCUT2D eigenvalue weighted by molar-refractivity contribution is 5.85. The second kappa shape index (κ2) is 10.5. The fourth-order valence-electron chi connectivity index (χ4n) is 3.72. The molecule has 0 radical (unpaired) electrons. The maximum Gasteiger partial charge on any atom is 0.234 e. The van der Waals surface area contributed by atoms with Crippen LogP contribution in [0.25, 0.3) is 0 Å². The number of hydrogen-bond acceptors (Lipinski definition) is 4. The molecule has 1 heterocycles. The van der Waals surface area contributed by atoms with Crippen LogP contribution in [0.5, 0.6) is 5.75 Å². The third kappa shape index (κ3) is 5.71. The standard InChI is InChI=1S/C22H29N3O2.ClH/c1-16-7-6-8-17(2)22(16)27-12-11-24-21(26)15-25-13-19(20(23)14-25)18-9-4-3-5-10-18;/h3-10,19-20H,11-15,23H2,1-2H3,(H,24,26);1H/t19-,20+;/m0./s1. The summed E-state index contributed by atoms with van der Waals surface area (Å²) in [5.74, 6) is 1.20. The molecule has 28 heavy (non-hydrogen) atoms. The lowest BCUT2D eigenvalue weighted by Crippen LogP contribution is -2.38. The van der Waals surface area contributed by atoms with Crippen LogP contribution in [0.1, 0.15) is 22.6 Å². The Morgan fingerprint density at radius 3 is 2.46 bits per heavy atom. The van der Waals surface area contributed by atoms with Gasteiger partial charge in [-0.15, -0.1) is 12.4 Å². The van der Waals surface area contributed by atoms with Gasteiger partial charge in [0.15, 0.2) is 0 Å². The quantitative estimate of drug-likeness (QED) is 0.697. The molecule has 0 saturated carbocycles. The number of ether oxygens (including phenoxy) is 1. The van der Waals surface area contributed by atoms with Crippen molar-refractivity contribution in [1.29, 1.82) is 0 Å². The number of benzene rings is 2. The molecule has 3 N–H and O–H groups in total. The Bertz CT molecular complexity index is 749. The Labute approximate surface area is 173 Å². The highest BCUT2D eigenvalue weighted by Gasteiger charge is 2.31. The molecular weight excluding hydrogens is 374 g/mol. The number of aryl methyl sites for hydroxylation is 2. The van der Waals surface area contributed by atoms with Gasteiger partial charge < -0.3 is 15.8 Å². The van der Waals surface area contributed by atoms with Gasteiger partial charge in [-0.3, -0.25) is 9.69 Å². The summed E-state index contributed by atoms with van der Waals surface area (Å²) in [6, 6.07) is 16.4. The van der Waals surface area contributed by atoms with Crippen molar-refractivity contribution in [1.82, 2.24) is 10.2 Å². The van der Waals surface area contributed by atoms with E-state index in [1.165, 1.54) is 5.56 Å². The van der Waals surface area contributed by atoms with Crippen molar-refractivity contribution < 1.29 is 9.53 Å². The number of nitrogens with one attached hydrogen (secondary N) is 1. The SMILES string of the molecule is Cc1cccc(C)c1OCCNC(=O)CN1C[C@@H](N)[C@H](c2ccccc2)C1.Cl. The summed E-state index contributed by atoms with van der Waals surface area (Å²) in [5, 5.41) is 2.94. The van der Waals surface area contributed by atoms with Gasteiger partial charge in [0.25, 0.3) is 0 Å². The number of hydrogen-bond donors (Lipinski definition) is 2. The zero-order valence-corrected chi connectivity index (χ0v) is 17.4. The smallest absolute Gasteiger partial charge is 0.234 e. The number of carbonyl (C=O) groups excluding carboxylic acids is 1. The van der Waals surface area contributed by atoms with Crippen LogP contribution in [0, 0.1) is 13.8 Å². The summed E-state index contributed by atoms with van der Waals surface area (Å²) in [6.07, 6.45) is 0. The number of likely N-dealkylation sites (tertiary alicyclic amines) is 1. The van der Waals surface area contributed by atoms with Gasteiger partial charge >= 0.3 is 0 Å². The van der Waals surface area contributed by atoms with Crippen LogP contribution >= 0.6 is 12.4 Å². The first-order valence-electron chi connectivity index (χ1n) is 9.53. The van der Waals surface area contributed by atoms with Crippen LogP contribution in [0.3, 0.4) is 0 Å². The summed E-state index contributed by atoms with van der Waals surface area (Å²) in [4.78, 5) is 14.4. The maximum atomic E-state index is 12.2. The zero-order valence-electron chi connectivity index (χ0n) is 16.6. The van der Waals surface area contributed by atoms with E-state index in [0.717, 1.165) is 30.0 Å². The molecule has 2 atom stereocenters. The second-order valence-corrected chi connectivity index (χ2v) is 7.29. The Morgan fingerprint density at radius 2 is 1.79 bits per heavy atom. The van der Waals surface area contributed by atoms with E-state index in [9.17, 15) is 4.79 Å². The van der Waals surface area contributed by atoms with Gasteiger partial charge in [0, 0.05) is 25.0 Å². The van der Waals surface area contributed by atoms with Gasteiger partial charge in [-0.2, -0.15) is 0 Å². The lowest BCUT2D eigenvalue weighted by molar-refractivity contribution is -0.122. The van der Waals surface area contributed by atoms with Crippen LogP contribution in [0.2, 0.25) is 0 Å². The molecule has 1 amide bonds. The molecule has 1 fully saturated rings. The fraction of sp³-hybridized carbons (Fsp3) is 0.409. The molecule has 3 rings (SSSR count). The van der Waals surface area contributed by atoms with Gasteiger partial charge in [-0.25, -0.2) is 0 Å². The normalized spacial score (nSPS) is 19.1. The molecule has 5 nitrogen and oxygen atoms in total. The van der Waals surface area contributed by atoms with E-state index in [0.29, 0.717) is 19.7 Å². The molecule has 0 aromatic heterocycles. The summed E-state index contributed by atoms with van der Waals surface area (Å²) in [6.45, 7) is 6.95. The van der Waals surface area contributed by atoms with Gasteiger partial charge in [-0.05, 0) is 30.5 Å². The van der Waals surface area contributed by atoms with E-state index in [1.807, 2.05) is 50.2 Å². The topological polar surface area (TPSA) is 67.6 Å². The molecule has 1 saturated heterocycles.